The van der Waals surface area contributed by atoms with Crippen LogP contribution in [0.4, 0.5) is 11.6 Å². The van der Waals surface area contributed by atoms with Crippen LogP contribution >= 0.6 is 0 Å². The van der Waals surface area contributed by atoms with Crippen molar-refractivity contribution < 1.29 is 0 Å². The zero-order valence-electron chi connectivity index (χ0n) is 14.0. The Morgan fingerprint density at radius 1 is 0.926 bits per heavy atom. The molecule has 0 unspecified atom stereocenters. The highest BCUT2D eigenvalue weighted by Gasteiger charge is 2.22. The number of nitrogens with one attached hydrogen (secondary N) is 2. The molecule has 4 aromatic rings. The number of rotatable bonds is 3. The summed E-state index contributed by atoms with van der Waals surface area (Å²) in [6, 6.07) is 22.2. The number of H-pyrrole nitrogens is 1. The molecule has 7 heteroatoms. The molecule has 27 heavy (non-hydrogen) atoms. The Morgan fingerprint density at radius 2 is 1.56 bits per heavy atom. The third kappa shape index (κ3) is 2.70. The van der Waals surface area contributed by atoms with E-state index in [1.807, 2.05) is 42.5 Å². The molecule has 128 valence electrons. The van der Waals surface area contributed by atoms with E-state index in [9.17, 15) is 15.3 Å². The van der Waals surface area contributed by atoms with Gasteiger partial charge in [-0.1, -0.05) is 48.5 Å². The molecule has 0 fully saturated rings. The molecule has 0 amide bonds. The Kier molecular flexibility index (Phi) is 3.89. The van der Waals surface area contributed by atoms with Gasteiger partial charge in [0.1, 0.15) is 23.3 Å². The maximum atomic E-state index is 12.8. The number of para-hydroxylation sites is 1. The fourth-order valence-corrected chi connectivity index (χ4v) is 2.93. The number of hydrogen-bond donors (Lipinski definition) is 2. The average Bonchev–Trinajstić information content (AvgIpc) is 3.13. The second-order valence-corrected chi connectivity index (χ2v) is 5.74. The van der Waals surface area contributed by atoms with Gasteiger partial charge in [-0.05, 0) is 17.7 Å². The van der Waals surface area contributed by atoms with E-state index in [4.69, 9.17) is 0 Å². The van der Waals surface area contributed by atoms with Crippen LogP contribution in [0.2, 0.25) is 0 Å². The fraction of sp³-hybridized carbons (Fsp3) is 0. The molecule has 2 N–H and O–H groups in total. The lowest BCUT2D eigenvalue weighted by molar-refractivity contribution is 0.917. The van der Waals surface area contributed by atoms with Gasteiger partial charge in [-0.2, -0.15) is 20.0 Å². The van der Waals surface area contributed by atoms with Crippen LogP contribution in [-0.2, 0) is 0 Å². The molecule has 0 aliphatic rings. The van der Waals surface area contributed by atoms with Crippen molar-refractivity contribution in [1.82, 2.24) is 14.6 Å². The van der Waals surface area contributed by atoms with E-state index < -0.39 is 5.56 Å². The summed E-state index contributed by atoms with van der Waals surface area (Å²) in [5, 5.41) is 25.2. The predicted octanol–water partition coefficient (Wildman–Crippen LogP) is 3.18. The van der Waals surface area contributed by atoms with E-state index in [-0.39, 0.29) is 16.8 Å². The van der Waals surface area contributed by atoms with Crippen molar-refractivity contribution in [2.75, 3.05) is 5.32 Å². The second-order valence-electron chi connectivity index (χ2n) is 5.74. The van der Waals surface area contributed by atoms with Gasteiger partial charge >= 0.3 is 0 Å². The van der Waals surface area contributed by atoms with E-state index in [0.717, 1.165) is 10.2 Å². The number of nitrogens with zero attached hydrogens (tertiary/aromatic N) is 4. The van der Waals surface area contributed by atoms with Crippen LogP contribution in [0.15, 0.2) is 65.5 Å². The Balaban J connectivity index is 1.99. The lowest BCUT2D eigenvalue weighted by Crippen LogP contribution is -2.20. The molecule has 0 saturated heterocycles. The third-order valence-corrected chi connectivity index (χ3v) is 4.11. The van der Waals surface area contributed by atoms with Crippen LogP contribution in [0.1, 0.15) is 11.1 Å². The van der Waals surface area contributed by atoms with Crippen molar-refractivity contribution in [3.05, 3.63) is 82.1 Å². The van der Waals surface area contributed by atoms with Crippen LogP contribution in [-0.4, -0.2) is 14.6 Å². The minimum atomic E-state index is -0.557. The largest absolute Gasteiger partial charge is 0.325 e. The van der Waals surface area contributed by atoms with Gasteiger partial charge in [0.15, 0.2) is 5.65 Å². The van der Waals surface area contributed by atoms with Crippen molar-refractivity contribution in [3.8, 4) is 23.3 Å². The van der Waals surface area contributed by atoms with Gasteiger partial charge in [0.05, 0.1) is 0 Å². The van der Waals surface area contributed by atoms with E-state index in [0.29, 0.717) is 17.1 Å². The van der Waals surface area contributed by atoms with Crippen LogP contribution < -0.4 is 10.9 Å². The summed E-state index contributed by atoms with van der Waals surface area (Å²) in [6.45, 7) is 0. The van der Waals surface area contributed by atoms with E-state index in [1.54, 1.807) is 24.3 Å². The van der Waals surface area contributed by atoms with E-state index in [1.165, 1.54) is 0 Å². The number of aromatic amines is 1. The van der Waals surface area contributed by atoms with Gasteiger partial charge in [-0.25, -0.2) is 0 Å². The molecular formula is C20H12N6O. The lowest BCUT2D eigenvalue weighted by atomic mass is 9.97. The molecule has 2 aromatic heterocycles. The van der Waals surface area contributed by atoms with Gasteiger partial charge in [0.25, 0.3) is 5.56 Å². The summed E-state index contributed by atoms with van der Waals surface area (Å²) in [7, 11) is 0. The minimum Gasteiger partial charge on any atom is -0.325 e. The van der Waals surface area contributed by atoms with Crippen LogP contribution in [0.3, 0.4) is 0 Å². The maximum absolute atomic E-state index is 12.8. The second kappa shape index (κ2) is 6.51. The van der Waals surface area contributed by atoms with Crippen LogP contribution in [0, 0.1) is 22.7 Å². The quantitative estimate of drug-likeness (QED) is 0.588. The SMILES string of the molecule is N#Cc1c(-c2ccccc2)c(C#N)c2nc(Nc3ccccc3)[nH]n2c1=O. The minimum absolute atomic E-state index is 0.106. The third-order valence-electron chi connectivity index (χ3n) is 4.11. The Labute approximate surface area is 153 Å². The van der Waals surface area contributed by atoms with Gasteiger partial charge in [0.2, 0.25) is 5.95 Å². The van der Waals surface area contributed by atoms with Gasteiger partial charge in [0, 0.05) is 11.3 Å². The molecule has 7 nitrogen and oxygen atoms in total. The summed E-state index contributed by atoms with van der Waals surface area (Å²) in [5.41, 5.74) is 1.35. The van der Waals surface area contributed by atoms with Crippen molar-refractivity contribution >= 4 is 17.3 Å². The highest BCUT2D eigenvalue weighted by atomic mass is 16.1. The summed E-state index contributed by atoms with van der Waals surface area (Å²) in [4.78, 5) is 17.2. The Hall–Kier alpha value is -4.36. The molecule has 0 aliphatic heterocycles. The normalized spacial score (nSPS) is 10.3. The molecule has 0 atom stereocenters. The first-order valence-corrected chi connectivity index (χ1v) is 8.09. The van der Waals surface area contributed by atoms with Crippen molar-refractivity contribution in [1.29, 1.82) is 10.5 Å². The number of benzene rings is 2. The number of hydrogen-bond acceptors (Lipinski definition) is 5. The topological polar surface area (TPSA) is 110 Å². The molecule has 2 heterocycles. The molecule has 0 radical (unpaired) electrons. The molecule has 0 aliphatic carbocycles. The molecule has 0 spiro atoms. The van der Waals surface area contributed by atoms with Gasteiger partial charge < -0.3 is 5.32 Å². The summed E-state index contributed by atoms with van der Waals surface area (Å²) < 4.78 is 1.12. The van der Waals surface area contributed by atoms with Gasteiger partial charge in [-0.3, -0.25) is 9.89 Å². The summed E-state index contributed by atoms with van der Waals surface area (Å²) >= 11 is 0. The number of anilines is 2. The predicted molar refractivity (Wildman–Crippen MR) is 100 cm³/mol. The maximum Gasteiger partial charge on any atom is 0.289 e. The van der Waals surface area contributed by atoms with Crippen LogP contribution in [0.5, 0.6) is 0 Å². The van der Waals surface area contributed by atoms with Crippen molar-refractivity contribution in [2.45, 2.75) is 0 Å². The van der Waals surface area contributed by atoms with E-state index in [2.05, 4.69) is 21.5 Å². The summed E-state index contributed by atoms with van der Waals surface area (Å²) in [5.74, 6) is 0.295. The van der Waals surface area contributed by atoms with Crippen molar-refractivity contribution in [3.63, 3.8) is 0 Å². The highest BCUT2D eigenvalue weighted by molar-refractivity contribution is 5.82. The average molecular weight is 352 g/mol. The summed E-state index contributed by atoms with van der Waals surface area (Å²) in [6.07, 6.45) is 0. The Morgan fingerprint density at radius 3 is 2.19 bits per heavy atom. The number of fused-ring (bicyclic) bond motifs is 1. The number of aromatic nitrogens is 3. The molecule has 4 rings (SSSR count). The molecule has 0 bridgehead atoms. The lowest BCUT2D eigenvalue weighted by Gasteiger charge is -2.07. The van der Waals surface area contributed by atoms with E-state index >= 15 is 0 Å². The monoisotopic (exact) mass is 352 g/mol. The molecular weight excluding hydrogens is 340 g/mol. The standard InChI is InChI=1S/C20H12N6O/c21-11-15-17(13-7-3-1-4-8-13)16(12-22)19(27)26-18(15)24-20(25-26)23-14-9-5-2-6-10-14/h1-10H,(H2,23,24,25). The van der Waals surface area contributed by atoms with Gasteiger partial charge in [-0.15, -0.1) is 0 Å². The first-order chi connectivity index (χ1) is 13.2. The van der Waals surface area contributed by atoms with Crippen LogP contribution in [0.25, 0.3) is 16.8 Å². The molecule has 2 aromatic carbocycles. The first-order valence-electron chi connectivity index (χ1n) is 8.09. The number of pyridine rings is 1. The molecule has 0 saturated carbocycles. The number of nitriles is 2. The fourth-order valence-electron chi connectivity index (χ4n) is 2.93. The zero-order valence-corrected chi connectivity index (χ0v) is 14.0. The Bertz CT molecular complexity index is 1270. The zero-order chi connectivity index (χ0) is 18.8. The first kappa shape index (κ1) is 16.1. The highest BCUT2D eigenvalue weighted by Crippen LogP contribution is 2.28. The smallest absolute Gasteiger partial charge is 0.289 e. The van der Waals surface area contributed by atoms with Crippen molar-refractivity contribution in [2.24, 2.45) is 0 Å².